The van der Waals surface area contributed by atoms with Crippen molar-refractivity contribution in [2.24, 2.45) is 0 Å². The van der Waals surface area contributed by atoms with Crippen LogP contribution in [0.25, 0.3) is 0 Å². The van der Waals surface area contributed by atoms with Gasteiger partial charge < -0.3 is 5.32 Å². The van der Waals surface area contributed by atoms with Crippen LogP contribution in [-0.4, -0.2) is 33.7 Å². The fourth-order valence-corrected chi connectivity index (χ4v) is 3.78. The van der Waals surface area contributed by atoms with Crippen LogP contribution in [-0.2, 0) is 21.2 Å². The van der Waals surface area contributed by atoms with E-state index in [1.54, 1.807) is 37.3 Å². The minimum Gasteiger partial charge on any atom is -0.355 e. The molecule has 1 amide bonds. The van der Waals surface area contributed by atoms with Crippen LogP contribution in [0, 0.1) is 12.7 Å². The Morgan fingerprint density at radius 1 is 1.19 bits per heavy atom. The van der Waals surface area contributed by atoms with Crippen molar-refractivity contribution >= 4 is 33.2 Å². The number of sulfonamides is 1. The Kier molecular flexibility index (Phi) is 7.21. The predicted octanol–water partition coefficient (Wildman–Crippen LogP) is 3.30. The normalized spacial score (nSPS) is 11.3. The molecule has 0 unspecified atom stereocenters. The molecule has 0 spiro atoms. The minimum atomic E-state index is -3.63. The van der Waals surface area contributed by atoms with E-state index < -0.39 is 15.9 Å². The third-order valence-corrected chi connectivity index (χ3v) is 5.35. The van der Waals surface area contributed by atoms with Crippen molar-refractivity contribution in [2.75, 3.05) is 23.7 Å². The quantitative estimate of drug-likeness (QED) is 0.676. The molecule has 0 aromatic heterocycles. The number of aryl methyl sites for hydroxylation is 2. The van der Waals surface area contributed by atoms with Gasteiger partial charge in [0.25, 0.3) is 0 Å². The van der Waals surface area contributed by atoms with Gasteiger partial charge in [-0.15, -0.1) is 0 Å². The van der Waals surface area contributed by atoms with Crippen molar-refractivity contribution in [2.45, 2.75) is 19.8 Å². The van der Waals surface area contributed by atoms with Gasteiger partial charge in [0.15, 0.2) is 0 Å². The van der Waals surface area contributed by atoms with Crippen LogP contribution in [0.5, 0.6) is 0 Å². The largest absolute Gasteiger partial charge is 0.355 e. The molecule has 0 radical (unpaired) electrons. The van der Waals surface area contributed by atoms with Crippen LogP contribution in [0.1, 0.15) is 17.5 Å². The molecule has 0 fully saturated rings. The summed E-state index contributed by atoms with van der Waals surface area (Å²) in [5.41, 5.74) is 2.06. The van der Waals surface area contributed by atoms with Gasteiger partial charge in [-0.3, -0.25) is 9.10 Å². The predicted molar refractivity (Wildman–Crippen MR) is 106 cm³/mol. The monoisotopic (exact) mass is 412 g/mol. The summed E-state index contributed by atoms with van der Waals surface area (Å²) in [7, 11) is -3.63. The van der Waals surface area contributed by atoms with E-state index in [4.69, 9.17) is 11.6 Å². The maximum Gasteiger partial charge on any atom is 0.240 e. The number of nitrogens with zero attached hydrogens (tertiary/aromatic N) is 1. The molecule has 0 saturated heterocycles. The van der Waals surface area contributed by atoms with Gasteiger partial charge >= 0.3 is 0 Å². The molecule has 0 aliphatic carbocycles. The highest BCUT2D eigenvalue weighted by Crippen LogP contribution is 2.25. The molecule has 0 heterocycles. The van der Waals surface area contributed by atoms with Crippen molar-refractivity contribution in [3.05, 3.63) is 64.4 Å². The molecule has 2 rings (SSSR count). The molecule has 8 heteroatoms. The Hall–Kier alpha value is -2.12. The zero-order chi connectivity index (χ0) is 20.0. The second-order valence-corrected chi connectivity index (χ2v) is 8.62. The van der Waals surface area contributed by atoms with E-state index in [0.717, 1.165) is 16.1 Å². The van der Waals surface area contributed by atoms with E-state index in [1.165, 1.54) is 12.1 Å². The highest BCUT2D eigenvalue weighted by atomic mass is 35.5. The molecule has 0 bridgehead atoms. The Balaban J connectivity index is 1.93. The van der Waals surface area contributed by atoms with Gasteiger partial charge in [0.1, 0.15) is 12.4 Å². The zero-order valence-corrected chi connectivity index (χ0v) is 16.8. The van der Waals surface area contributed by atoms with Gasteiger partial charge in [0.05, 0.1) is 11.9 Å². The number of carbonyl (C=O) groups is 1. The summed E-state index contributed by atoms with van der Waals surface area (Å²) >= 11 is 5.92. The summed E-state index contributed by atoms with van der Waals surface area (Å²) in [5, 5.41) is 3.22. The molecular formula is C19H22ClFN2O3S. The topological polar surface area (TPSA) is 66.5 Å². The summed E-state index contributed by atoms with van der Waals surface area (Å²) in [4.78, 5) is 12.2. The number of anilines is 1. The van der Waals surface area contributed by atoms with E-state index in [0.29, 0.717) is 35.7 Å². The number of nitrogens with one attached hydrogen (secondary N) is 1. The summed E-state index contributed by atoms with van der Waals surface area (Å²) in [5.74, 6) is -0.681. The van der Waals surface area contributed by atoms with E-state index in [1.807, 2.05) is 0 Å². The summed E-state index contributed by atoms with van der Waals surface area (Å²) in [6, 6.07) is 11.0. The fourth-order valence-electron chi connectivity index (χ4n) is 2.64. The van der Waals surface area contributed by atoms with Gasteiger partial charge in [0.2, 0.25) is 15.9 Å². The number of hydrogen-bond acceptors (Lipinski definition) is 3. The first-order valence-electron chi connectivity index (χ1n) is 8.42. The van der Waals surface area contributed by atoms with Crippen molar-refractivity contribution in [3.63, 3.8) is 0 Å². The number of amides is 1. The molecule has 0 saturated carbocycles. The van der Waals surface area contributed by atoms with Crippen LogP contribution in [0.4, 0.5) is 10.1 Å². The Labute approximate surface area is 164 Å². The molecule has 0 aliphatic heterocycles. The van der Waals surface area contributed by atoms with Crippen molar-refractivity contribution in [1.82, 2.24) is 5.32 Å². The minimum absolute atomic E-state index is 0.287. The second kappa shape index (κ2) is 9.19. The first-order valence-corrected chi connectivity index (χ1v) is 10.6. The zero-order valence-electron chi connectivity index (χ0n) is 15.2. The molecule has 5 nitrogen and oxygen atoms in total. The standard InChI is InChI=1S/C19H22ClFN2O3S/c1-14-12-16(20)7-10-18(14)23(27(2,25)26)13-19(24)22-11-3-4-15-5-8-17(21)9-6-15/h5-10,12H,3-4,11,13H2,1-2H3,(H,22,24). The van der Waals surface area contributed by atoms with Crippen LogP contribution in [0.15, 0.2) is 42.5 Å². The molecule has 0 atom stereocenters. The van der Waals surface area contributed by atoms with Gasteiger partial charge in [0, 0.05) is 11.6 Å². The third kappa shape index (κ3) is 6.52. The SMILES string of the molecule is Cc1cc(Cl)ccc1N(CC(=O)NCCCc1ccc(F)cc1)S(C)(=O)=O. The number of benzene rings is 2. The lowest BCUT2D eigenvalue weighted by molar-refractivity contribution is -0.119. The fraction of sp³-hybridized carbons (Fsp3) is 0.316. The summed E-state index contributed by atoms with van der Waals surface area (Å²) in [6.45, 7) is 1.82. The molecule has 0 aliphatic rings. The smallest absolute Gasteiger partial charge is 0.240 e. The Morgan fingerprint density at radius 3 is 2.44 bits per heavy atom. The first kappa shape index (κ1) is 21.2. The van der Waals surface area contributed by atoms with Crippen LogP contribution in [0.3, 0.4) is 0 Å². The lowest BCUT2D eigenvalue weighted by atomic mass is 10.1. The van der Waals surface area contributed by atoms with Gasteiger partial charge in [-0.05, 0) is 61.2 Å². The van der Waals surface area contributed by atoms with Crippen LogP contribution >= 0.6 is 11.6 Å². The molecule has 27 heavy (non-hydrogen) atoms. The highest BCUT2D eigenvalue weighted by Gasteiger charge is 2.22. The van der Waals surface area contributed by atoms with Crippen molar-refractivity contribution in [3.8, 4) is 0 Å². The Bertz CT molecular complexity index is 902. The first-order chi connectivity index (χ1) is 12.7. The molecule has 2 aromatic rings. The van der Waals surface area contributed by atoms with E-state index in [2.05, 4.69) is 5.32 Å². The number of rotatable bonds is 8. The summed E-state index contributed by atoms with van der Waals surface area (Å²) < 4.78 is 38.2. The Morgan fingerprint density at radius 2 is 1.85 bits per heavy atom. The number of halogens is 2. The van der Waals surface area contributed by atoms with Gasteiger partial charge in [-0.25, -0.2) is 12.8 Å². The van der Waals surface area contributed by atoms with E-state index in [9.17, 15) is 17.6 Å². The van der Waals surface area contributed by atoms with Crippen molar-refractivity contribution < 1.29 is 17.6 Å². The average molecular weight is 413 g/mol. The van der Waals surface area contributed by atoms with Gasteiger partial charge in [-0.1, -0.05) is 23.7 Å². The van der Waals surface area contributed by atoms with E-state index >= 15 is 0 Å². The maximum atomic E-state index is 12.9. The molecule has 146 valence electrons. The lowest BCUT2D eigenvalue weighted by Gasteiger charge is -2.23. The second-order valence-electron chi connectivity index (χ2n) is 6.28. The van der Waals surface area contributed by atoms with E-state index in [-0.39, 0.29) is 12.4 Å². The number of carbonyl (C=O) groups excluding carboxylic acids is 1. The highest BCUT2D eigenvalue weighted by molar-refractivity contribution is 7.92. The van der Waals surface area contributed by atoms with Gasteiger partial charge in [-0.2, -0.15) is 0 Å². The summed E-state index contributed by atoms with van der Waals surface area (Å²) in [6.07, 6.45) is 2.41. The molecular weight excluding hydrogens is 391 g/mol. The average Bonchev–Trinajstić information content (AvgIpc) is 2.58. The number of hydrogen-bond donors (Lipinski definition) is 1. The van der Waals surface area contributed by atoms with Crippen LogP contribution in [0.2, 0.25) is 5.02 Å². The van der Waals surface area contributed by atoms with Crippen molar-refractivity contribution in [1.29, 1.82) is 0 Å². The molecule has 2 aromatic carbocycles. The third-order valence-electron chi connectivity index (χ3n) is 3.99. The lowest BCUT2D eigenvalue weighted by Crippen LogP contribution is -2.41. The molecule has 1 N–H and O–H groups in total. The maximum absolute atomic E-state index is 12.9. The van der Waals surface area contributed by atoms with Crippen LogP contribution < -0.4 is 9.62 Å².